The lowest BCUT2D eigenvalue weighted by atomic mass is 9.90. The lowest BCUT2D eigenvalue weighted by molar-refractivity contribution is -0.0279. The summed E-state index contributed by atoms with van der Waals surface area (Å²) in [5.74, 6) is 1.27. The van der Waals surface area contributed by atoms with Gasteiger partial charge in [0, 0.05) is 37.4 Å². The number of ether oxygens (including phenoxy) is 1. The zero-order valence-electron chi connectivity index (χ0n) is 13.1. The first-order valence-electron chi connectivity index (χ1n) is 8.05. The molecule has 1 aromatic heterocycles. The smallest absolute Gasteiger partial charge is 0.0895 e. The second-order valence-electron chi connectivity index (χ2n) is 6.28. The molecule has 20 heavy (non-hydrogen) atoms. The van der Waals surface area contributed by atoms with Crippen LogP contribution in [0.25, 0.3) is 0 Å². The quantitative estimate of drug-likeness (QED) is 0.834. The van der Waals surface area contributed by atoms with E-state index in [2.05, 4.69) is 37.4 Å². The van der Waals surface area contributed by atoms with Gasteiger partial charge in [0.2, 0.25) is 0 Å². The van der Waals surface area contributed by atoms with Crippen LogP contribution >= 0.6 is 0 Å². The van der Waals surface area contributed by atoms with Gasteiger partial charge < -0.3 is 10.1 Å². The Bertz CT molecular complexity index is 389. The lowest BCUT2D eigenvalue weighted by Gasteiger charge is -2.31. The Balaban J connectivity index is 1.94. The van der Waals surface area contributed by atoms with Crippen molar-refractivity contribution in [2.75, 3.05) is 19.7 Å². The third kappa shape index (κ3) is 4.32. The van der Waals surface area contributed by atoms with Crippen molar-refractivity contribution in [1.29, 1.82) is 0 Å². The molecule has 0 bridgehead atoms. The van der Waals surface area contributed by atoms with Crippen LogP contribution in [0.15, 0.2) is 12.4 Å². The molecule has 1 aromatic rings. The molecule has 0 radical (unpaired) electrons. The minimum Gasteiger partial charge on any atom is -0.373 e. The van der Waals surface area contributed by atoms with Crippen LogP contribution in [0.3, 0.4) is 0 Å². The first-order chi connectivity index (χ1) is 9.70. The molecule has 1 N–H and O–H groups in total. The number of aryl methyl sites for hydroxylation is 1. The first-order valence-corrected chi connectivity index (χ1v) is 8.05. The number of hydrogen-bond acceptors (Lipinski definition) is 3. The Morgan fingerprint density at radius 1 is 1.50 bits per heavy atom. The molecule has 0 aromatic carbocycles. The Labute approximate surface area is 122 Å². The van der Waals surface area contributed by atoms with Crippen molar-refractivity contribution in [2.24, 2.45) is 11.8 Å². The molecule has 1 aliphatic rings. The summed E-state index contributed by atoms with van der Waals surface area (Å²) >= 11 is 0. The topological polar surface area (TPSA) is 39.1 Å². The molecule has 1 saturated heterocycles. The van der Waals surface area contributed by atoms with E-state index in [1.807, 2.05) is 10.9 Å². The minimum absolute atomic E-state index is 0.217. The molecule has 1 fully saturated rings. The third-order valence-corrected chi connectivity index (χ3v) is 3.84. The van der Waals surface area contributed by atoms with E-state index in [9.17, 15) is 0 Å². The van der Waals surface area contributed by atoms with E-state index in [0.717, 1.165) is 32.7 Å². The average Bonchev–Trinajstić information content (AvgIpc) is 2.88. The van der Waals surface area contributed by atoms with Crippen molar-refractivity contribution in [2.45, 2.75) is 52.7 Å². The number of rotatable bonds is 7. The summed E-state index contributed by atoms with van der Waals surface area (Å²) < 4.78 is 8.07. The third-order valence-electron chi connectivity index (χ3n) is 3.84. The van der Waals surface area contributed by atoms with Gasteiger partial charge >= 0.3 is 0 Å². The van der Waals surface area contributed by atoms with E-state index in [4.69, 9.17) is 4.74 Å². The molecule has 2 unspecified atom stereocenters. The molecule has 0 spiro atoms. The highest BCUT2D eigenvalue weighted by atomic mass is 16.5. The standard InChI is InChI=1S/C16H29N3O/c1-4-7-19-12-15(11-18-19)16-14(6-5-8-20-16)10-17-9-13(2)3/h11-14,16-17H,4-10H2,1-3H3. The van der Waals surface area contributed by atoms with Crippen LogP contribution in [-0.4, -0.2) is 29.5 Å². The molecule has 0 saturated carbocycles. The van der Waals surface area contributed by atoms with Gasteiger partial charge in [-0.05, 0) is 31.7 Å². The summed E-state index contributed by atoms with van der Waals surface area (Å²) in [5.41, 5.74) is 1.24. The summed E-state index contributed by atoms with van der Waals surface area (Å²) in [6.07, 6.45) is 7.90. The van der Waals surface area contributed by atoms with Crippen LogP contribution in [0, 0.1) is 11.8 Å². The summed E-state index contributed by atoms with van der Waals surface area (Å²) in [7, 11) is 0. The van der Waals surface area contributed by atoms with Crippen molar-refractivity contribution in [3.05, 3.63) is 18.0 Å². The van der Waals surface area contributed by atoms with Crippen LogP contribution in [0.4, 0.5) is 0 Å². The number of aromatic nitrogens is 2. The van der Waals surface area contributed by atoms with Gasteiger partial charge in [-0.2, -0.15) is 5.10 Å². The highest BCUT2D eigenvalue weighted by Crippen LogP contribution is 2.33. The Hall–Kier alpha value is -0.870. The molecule has 4 heteroatoms. The second-order valence-corrected chi connectivity index (χ2v) is 6.28. The predicted octanol–water partition coefficient (Wildman–Crippen LogP) is 3.01. The fourth-order valence-electron chi connectivity index (χ4n) is 2.86. The van der Waals surface area contributed by atoms with Crippen molar-refractivity contribution in [1.82, 2.24) is 15.1 Å². The minimum atomic E-state index is 0.217. The van der Waals surface area contributed by atoms with Gasteiger partial charge in [0.1, 0.15) is 0 Å². The number of hydrogen-bond donors (Lipinski definition) is 1. The fourth-order valence-corrected chi connectivity index (χ4v) is 2.86. The Kier molecular flexibility index (Phi) is 6.05. The normalized spacial score (nSPS) is 23.4. The van der Waals surface area contributed by atoms with Gasteiger partial charge in [-0.15, -0.1) is 0 Å². The van der Waals surface area contributed by atoms with E-state index in [1.165, 1.54) is 18.4 Å². The Morgan fingerprint density at radius 2 is 2.35 bits per heavy atom. The number of nitrogens with zero attached hydrogens (tertiary/aromatic N) is 2. The predicted molar refractivity (Wildman–Crippen MR) is 81.6 cm³/mol. The van der Waals surface area contributed by atoms with E-state index < -0.39 is 0 Å². The van der Waals surface area contributed by atoms with Crippen LogP contribution in [0.1, 0.15) is 51.7 Å². The molecule has 0 aliphatic carbocycles. The molecular weight excluding hydrogens is 250 g/mol. The molecule has 1 aliphatic heterocycles. The molecule has 2 heterocycles. The maximum atomic E-state index is 6.03. The highest BCUT2D eigenvalue weighted by molar-refractivity contribution is 5.10. The number of nitrogens with one attached hydrogen (secondary N) is 1. The largest absolute Gasteiger partial charge is 0.373 e. The van der Waals surface area contributed by atoms with Crippen LogP contribution in [0.2, 0.25) is 0 Å². The van der Waals surface area contributed by atoms with Crippen molar-refractivity contribution in [3.8, 4) is 0 Å². The van der Waals surface area contributed by atoms with Gasteiger partial charge in [0.25, 0.3) is 0 Å². The summed E-state index contributed by atoms with van der Waals surface area (Å²) in [5, 5.41) is 8.02. The van der Waals surface area contributed by atoms with Crippen molar-refractivity contribution < 1.29 is 4.74 Å². The summed E-state index contributed by atoms with van der Waals surface area (Å²) in [6, 6.07) is 0. The molecule has 4 nitrogen and oxygen atoms in total. The van der Waals surface area contributed by atoms with Crippen LogP contribution in [0.5, 0.6) is 0 Å². The molecule has 114 valence electrons. The van der Waals surface area contributed by atoms with Gasteiger partial charge in [-0.1, -0.05) is 20.8 Å². The zero-order valence-corrected chi connectivity index (χ0v) is 13.1. The van der Waals surface area contributed by atoms with Crippen LogP contribution in [-0.2, 0) is 11.3 Å². The van der Waals surface area contributed by atoms with E-state index in [1.54, 1.807) is 0 Å². The van der Waals surface area contributed by atoms with Gasteiger partial charge in [-0.25, -0.2) is 0 Å². The van der Waals surface area contributed by atoms with Crippen LogP contribution < -0.4 is 5.32 Å². The van der Waals surface area contributed by atoms with Crippen molar-refractivity contribution >= 4 is 0 Å². The first kappa shape index (κ1) is 15.5. The van der Waals surface area contributed by atoms with E-state index >= 15 is 0 Å². The maximum absolute atomic E-state index is 6.03. The molecular formula is C16H29N3O. The fraction of sp³-hybridized carbons (Fsp3) is 0.812. The van der Waals surface area contributed by atoms with Gasteiger partial charge in [0.05, 0.1) is 12.3 Å². The summed E-state index contributed by atoms with van der Waals surface area (Å²) in [4.78, 5) is 0. The SMILES string of the molecule is CCCn1cc(C2OCCCC2CNCC(C)C)cn1. The average molecular weight is 279 g/mol. The van der Waals surface area contributed by atoms with E-state index in [-0.39, 0.29) is 6.10 Å². The second kappa shape index (κ2) is 7.79. The maximum Gasteiger partial charge on any atom is 0.0895 e. The van der Waals surface area contributed by atoms with Crippen molar-refractivity contribution in [3.63, 3.8) is 0 Å². The summed E-state index contributed by atoms with van der Waals surface area (Å²) in [6.45, 7) is 10.7. The molecule has 0 amide bonds. The van der Waals surface area contributed by atoms with Gasteiger partial charge in [0.15, 0.2) is 0 Å². The van der Waals surface area contributed by atoms with Gasteiger partial charge in [-0.3, -0.25) is 4.68 Å². The monoisotopic (exact) mass is 279 g/mol. The Morgan fingerprint density at radius 3 is 3.10 bits per heavy atom. The lowest BCUT2D eigenvalue weighted by Crippen LogP contribution is -2.33. The molecule has 2 atom stereocenters. The highest BCUT2D eigenvalue weighted by Gasteiger charge is 2.28. The molecule has 2 rings (SSSR count). The van der Waals surface area contributed by atoms with E-state index in [0.29, 0.717) is 11.8 Å². The zero-order chi connectivity index (χ0) is 14.4.